The molecular weight excluding hydrogens is 972 g/mol. The number of quaternary nitrogens is 1. The molecule has 3 unspecified atom stereocenters. The van der Waals surface area contributed by atoms with Crippen molar-refractivity contribution < 1.29 is 32.9 Å². The van der Waals surface area contributed by atoms with Gasteiger partial charge in [0.15, 0.2) is 0 Å². The van der Waals surface area contributed by atoms with E-state index in [9.17, 15) is 19.4 Å². The Balaban J connectivity index is 4.08. The van der Waals surface area contributed by atoms with Crippen LogP contribution in [0.25, 0.3) is 0 Å². The fourth-order valence-electron chi connectivity index (χ4n) is 10.3. The normalized spacial score (nSPS) is 13.9. The van der Waals surface area contributed by atoms with E-state index in [-0.39, 0.29) is 19.1 Å². The summed E-state index contributed by atoms with van der Waals surface area (Å²) < 4.78 is 23.8. The number of phosphoric acid groups is 1. The first-order valence-corrected chi connectivity index (χ1v) is 35.4. The maximum absolute atomic E-state index is 13.0. The SMILES string of the molecule is CCCCCCC/C=C\C/C=C\CCCCCCCCCCCCCCCCCC(=O)NC(COP(=O)(O)OCC[N+](C)(C)C)C(O)/C=C/CCCCCCCCCCCCCCCCCCCCCCCCCCCC. The number of hydrogen-bond donors (Lipinski definition) is 3. The van der Waals surface area contributed by atoms with Gasteiger partial charge in [0.1, 0.15) is 13.2 Å². The van der Waals surface area contributed by atoms with Crippen molar-refractivity contribution in [2.24, 2.45) is 0 Å². The zero-order chi connectivity index (χ0) is 56.3. The van der Waals surface area contributed by atoms with Crippen LogP contribution in [0.5, 0.6) is 0 Å². The molecule has 0 saturated carbocycles. The second-order valence-electron chi connectivity index (χ2n) is 24.6. The molecule has 0 radical (unpaired) electrons. The average Bonchev–Trinajstić information content (AvgIpc) is 3.39. The monoisotopic (exact) mass is 1110 g/mol. The molecule has 0 aromatic rings. The van der Waals surface area contributed by atoms with Crippen molar-refractivity contribution in [2.75, 3.05) is 40.9 Å². The number of likely N-dealkylation sites (N-methyl/N-ethyl adjacent to an activating group) is 1. The van der Waals surface area contributed by atoms with E-state index in [2.05, 4.69) is 43.5 Å². The third-order valence-corrected chi connectivity index (χ3v) is 16.6. The van der Waals surface area contributed by atoms with E-state index in [0.29, 0.717) is 17.4 Å². The second kappa shape index (κ2) is 59.3. The van der Waals surface area contributed by atoms with Crippen LogP contribution in [0.1, 0.15) is 341 Å². The maximum Gasteiger partial charge on any atom is 0.472 e. The van der Waals surface area contributed by atoms with Crippen LogP contribution in [0.4, 0.5) is 0 Å². The molecule has 0 fully saturated rings. The van der Waals surface area contributed by atoms with Gasteiger partial charge in [-0.25, -0.2) is 4.57 Å². The fraction of sp³-hybridized carbons (Fsp3) is 0.897. The van der Waals surface area contributed by atoms with E-state index in [1.807, 2.05) is 27.2 Å². The lowest BCUT2D eigenvalue weighted by molar-refractivity contribution is -0.870. The van der Waals surface area contributed by atoms with Gasteiger partial charge in [0, 0.05) is 6.42 Å². The van der Waals surface area contributed by atoms with E-state index >= 15 is 0 Å². The zero-order valence-electron chi connectivity index (χ0n) is 52.2. The number of nitrogens with zero attached hydrogens (tertiary/aromatic N) is 1. The van der Waals surface area contributed by atoms with Crippen molar-refractivity contribution in [1.82, 2.24) is 5.32 Å². The number of aliphatic hydroxyl groups excluding tert-OH is 1. The van der Waals surface area contributed by atoms with Crippen molar-refractivity contribution in [1.29, 1.82) is 0 Å². The van der Waals surface area contributed by atoms with Crippen molar-refractivity contribution in [3.8, 4) is 0 Å². The highest BCUT2D eigenvalue weighted by molar-refractivity contribution is 7.47. The predicted octanol–water partition coefficient (Wildman–Crippen LogP) is 21.3. The number of unbranched alkanes of at least 4 members (excludes halogenated alkanes) is 46. The molecule has 3 atom stereocenters. The van der Waals surface area contributed by atoms with Crippen LogP contribution in [0.3, 0.4) is 0 Å². The van der Waals surface area contributed by atoms with E-state index in [1.165, 1.54) is 283 Å². The highest BCUT2D eigenvalue weighted by Gasteiger charge is 2.28. The van der Waals surface area contributed by atoms with Crippen LogP contribution in [0.15, 0.2) is 36.5 Å². The van der Waals surface area contributed by atoms with Gasteiger partial charge in [-0.05, 0) is 51.4 Å². The Morgan fingerprint density at radius 2 is 0.740 bits per heavy atom. The molecule has 0 aliphatic rings. The van der Waals surface area contributed by atoms with Crippen LogP contribution < -0.4 is 5.32 Å². The number of carbonyl (C=O) groups is 1. The van der Waals surface area contributed by atoms with E-state index < -0.39 is 20.0 Å². The molecule has 0 rings (SSSR count). The molecule has 0 aromatic heterocycles. The highest BCUT2D eigenvalue weighted by atomic mass is 31.2. The molecule has 0 aromatic carbocycles. The minimum absolute atomic E-state index is 0.0629. The van der Waals surface area contributed by atoms with Crippen LogP contribution in [-0.2, 0) is 18.4 Å². The molecule has 0 aliphatic carbocycles. The summed E-state index contributed by atoms with van der Waals surface area (Å²) in [4.78, 5) is 23.4. The lowest BCUT2D eigenvalue weighted by atomic mass is 10.0. The third-order valence-electron chi connectivity index (χ3n) is 15.6. The maximum atomic E-state index is 13.0. The van der Waals surface area contributed by atoms with Crippen molar-refractivity contribution in [3.05, 3.63) is 36.5 Å². The Morgan fingerprint density at radius 3 is 1.06 bits per heavy atom. The van der Waals surface area contributed by atoms with Crippen LogP contribution in [0.2, 0.25) is 0 Å². The number of rotatable bonds is 63. The Hall–Kier alpha value is -1.28. The van der Waals surface area contributed by atoms with Gasteiger partial charge in [-0.2, -0.15) is 0 Å². The third kappa shape index (κ3) is 62.2. The number of allylic oxidation sites excluding steroid dienone is 5. The van der Waals surface area contributed by atoms with Gasteiger partial charge in [0.2, 0.25) is 5.91 Å². The predicted molar refractivity (Wildman–Crippen MR) is 337 cm³/mol. The summed E-state index contributed by atoms with van der Waals surface area (Å²) in [6.45, 7) is 4.86. The smallest absolute Gasteiger partial charge is 0.387 e. The summed E-state index contributed by atoms with van der Waals surface area (Å²) in [7, 11) is 1.59. The van der Waals surface area contributed by atoms with Crippen molar-refractivity contribution >= 4 is 13.7 Å². The van der Waals surface area contributed by atoms with Crippen LogP contribution in [0, 0.1) is 0 Å². The minimum Gasteiger partial charge on any atom is -0.387 e. The first kappa shape index (κ1) is 75.7. The molecule has 0 saturated heterocycles. The van der Waals surface area contributed by atoms with E-state index in [1.54, 1.807) is 6.08 Å². The molecule has 0 aliphatic heterocycles. The quantitative estimate of drug-likeness (QED) is 0.0243. The molecule has 0 bridgehead atoms. The van der Waals surface area contributed by atoms with Gasteiger partial charge in [-0.3, -0.25) is 13.8 Å². The summed E-state index contributed by atoms with van der Waals surface area (Å²) >= 11 is 0. The number of carbonyl (C=O) groups excluding carboxylic acids is 1. The summed E-state index contributed by atoms with van der Waals surface area (Å²) in [6.07, 6.45) is 78.5. The van der Waals surface area contributed by atoms with Gasteiger partial charge < -0.3 is 19.8 Å². The lowest BCUT2D eigenvalue weighted by Crippen LogP contribution is -2.45. The van der Waals surface area contributed by atoms with Gasteiger partial charge in [0.05, 0.1) is 39.9 Å². The fourth-order valence-corrected chi connectivity index (χ4v) is 11.0. The summed E-state index contributed by atoms with van der Waals surface area (Å²) in [5.74, 6) is -0.171. The molecule has 0 heterocycles. The van der Waals surface area contributed by atoms with E-state index in [0.717, 1.165) is 38.5 Å². The standard InChI is InChI=1S/C68H133N2O6P/c1-6-8-10-12-14-16-18-20-22-24-26-28-30-32-34-36-37-39-41-43-45-47-49-51-53-55-57-59-61-67(71)66(65-76-77(73,74)75-64-63-70(3,4)5)69-68(72)62-60-58-56-54-52-50-48-46-44-42-40-38-35-33-31-29-27-25-23-21-19-17-15-13-11-9-7-2/h19,21,25,27,59,61,66-67,71H,6-18,20,22-24,26,28-58,60,62-65H2,1-5H3,(H-,69,72,73,74)/p+1/b21-19-,27-25-,61-59+. The van der Waals surface area contributed by atoms with E-state index in [4.69, 9.17) is 9.05 Å². The Morgan fingerprint density at radius 1 is 0.442 bits per heavy atom. The molecule has 1 amide bonds. The molecule has 3 N–H and O–H groups in total. The molecular formula is C68H134N2O6P+. The zero-order valence-corrected chi connectivity index (χ0v) is 53.1. The molecule has 0 spiro atoms. The van der Waals surface area contributed by atoms with Gasteiger partial charge >= 0.3 is 7.82 Å². The lowest BCUT2D eigenvalue weighted by Gasteiger charge is -2.25. The molecule has 77 heavy (non-hydrogen) atoms. The first-order chi connectivity index (χ1) is 37.5. The van der Waals surface area contributed by atoms with Gasteiger partial charge in [-0.1, -0.05) is 320 Å². The molecule has 8 nitrogen and oxygen atoms in total. The Kier molecular flexibility index (Phi) is 58.4. The van der Waals surface area contributed by atoms with Gasteiger partial charge in [0.25, 0.3) is 0 Å². The number of nitrogens with one attached hydrogen (secondary N) is 1. The Labute approximate surface area is 480 Å². The minimum atomic E-state index is -4.35. The summed E-state index contributed by atoms with van der Waals surface area (Å²) in [5.41, 5.74) is 0. The Bertz CT molecular complexity index is 1350. The number of hydrogen-bond acceptors (Lipinski definition) is 5. The van der Waals surface area contributed by atoms with Crippen molar-refractivity contribution in [2.45, 2.75) is 353 Å². The summed E-state index contributed by atoms with van der Waals surface area (Å²) in [5, 5.41) is 14.0. The number of phosphoric ester groups is 1. The van der Waals surface area contributed by atoms with Crippen LogP contribution >= 0.6 is 7.82 Å². The number of amides is 1. The first-order valence-electron chi connectivity index (χ1n) is 33.9. The number of aliphatic hydroxyl groups is 1. The highest BCUT2D eigenvalue weighted by Crippen LogP contribution is 2.43. The largest absolute Gasteiger partial charge is 0.472 e. The van der Waals surface area contributed by atoms with Crippen LogP contribution in [-0.4, -0.2) is 73.4 Å². The van der Waals surface area contributed by atoms with Crippen molar-refractivity contribution in [3.63, 3.8) is 0 Å². The van der Waals surface area contributed by atoms with Gasteiger partial charge in [-0.15, -0.1) is 0 Å². The second-order valence-corrected chi connectivity index (χ2v) is 26.0. The average molecular weight is 1110 g/mol. The topological polar surface area (TPSA) is 105 Å². The molecule has 456 valence electrons. The summed E-state index contributed by atoms with van der Waals surface area (Å²) in [6, 6.07) is -0.847. The molecule has 9 heteroatoms.